The van der Waals surface area contributed by atoms with Crippen LogP contribution in [-0.2, 0) is 11.2 Å². The van der Waals surface area contributed by atoms with E-state index in [0.717, 1.165) is 18.9 Å². The van der Waals surface area contributed by atoms with Gasteiger partial charge in [0.05, 0.1) is 5.60 Å². The van der Waals surface area contributed by atoms with Crippen molar-refractivity contribution in [3.8, 4) is 0 Å². The van der Waals surface area contributed by atoms with Gasteiger partial charge in [-0.1, -0.05) is 29.8 Å². The fraction of sp³-hybridized carbons (Fsp3) is 0.562. The first-order valence-corrected chi connectivity index (χ1v) is 7.02. The Bertz CT molecular complexity index is 441. The molecule has 1 aromatic carbocycles. The van der Waals surface area contributed by atoms with Crippen molar-refractivity contribution in [1.29, 1.82) is 0 Å². The van der Waals surface area contributed by atoms with E-state index in [2.05, 4.69) is 46.8 Å². The van der Waals surface area contributed by atoms with Crippen LogP contribution in [0.25, 0.3) is 0 Å². The standard InChI is InChI=1S/C16H27N3O/c1-13-7-6-8-14(11-13)9-10-18-15(17-4)19-12-16(2,3)20-5/h6-8,11H,9-10,12H2,1-5H3,(H2,17,18,19). The fourth-order valence-corrected chi connectivity index (χ4v) is 1.78. The van der Waals surface area contributed by atoms with E-state index < -0.39 is 0 Å². The number of rotatable bonds is 6. The lowest BCUT2D eigenvalue weighted by atomic mass is 10.1. The maximum Gasteiger partial charge on any atom is 0.191 e. The number of nitrogens with one attached hydrogen (secondary N) is 2. The van der Waals surface area contributed by atoms with Crippen molar-refractivity contribution in [2.24, 2.45) is 4.99 Å². The Morgan fingerprint density at radius 2 is 2.05 bits per heavy atom. The molecule has 112 valence electrons. The van der Waals surface area contributed by atoms with Crippen molar-refractivity contribution in [2.75, 3.05) is 27.2 Å². The van der Waals surface area contributed by atoms with E-state index >= 15 is 0 Å². The van der Waals surface area contributed by atoms with Gasteiger partial charge in [0.2, 0.25) is 0 Å². The molecule has 0 bridgehead atoms. The second kappa shape index (κ2) is 7.90. The first-order valence-electron chi connectivity index (χ1n) is 7.02. The molecule has 4 heteroatoms. The summed E-state index contributed by atoms with van der Waals surface area (Å²) in [6.07, 6.45) is 0.982. The van der Waals surface area contributed by atoms with Crippen LogP contribution in [0.15, 0.2) is 29.3 Å². The molecule has 1 rings (SSSR count). The van der Waals surface area contributed by atoms with Crippen molar-refractivity contribution < 1.29 is 4.74 Å². The number of aliphatic imine (C=N–C) groups is 1. The number of benzene rings is 1. The number of aryl methyl sites for hydroxylation is 1. The molecule has 0 atom stereocenters. The van der Waals surface area contributed by atoms with E-state index in [1.807, 2.05) is 13.8 Å². The third-order valence-corrected chi connectivity index (χ3v) is 3.25. The van der Waals surface area contributed by atoms with Gasteiger partial charge in [0.25, 0.3) is 0 Å². The smallest absolute Gasteiger partial charge is 0.191 e. The minimum Gasteiger partial charge on any atom is -0.377 e. The van der Waals surface area contributed by atoms with Crippen molar-refractivity contribution in [1.82, 2.24) is 10.6 Å². The largest absolute Gasteiger partial charge is 0.377 e. The Kier molecular flexibility index (Phi) is 6.52. The molecule has 0 radical (unpaired) electrons. The summed E-state index contributed by atoms with van der Waals surface area (Å²) >= 11 is 0. The first-order chi connectivity index (χ1) is 9.46. The van der Waals surface area contributed by atoms with E-state index in [9.17, 15) is 0 Å². The van der Waals surface area contributed by atoms with Crippen LogP contribution in [0.5, 0.6) is 0 Å². The molecule has 0 saturated heterocycles. The number of methoxy groups -OCH3 is 1. The topological polar surface area (TPSA) is 45.7 Å². The van der Waals surface area contributed by atoms with Crippen LogP contribution in [-0.4, -0.2) is 38.8 Å². The summed E-state index contributed by atoms with van der Waals surface area (Å²) in [6.45, 7) is 7.77. The predicted octanol–water partition coefficient (Wildman–Crippen LogP) is 2.13. The normalized spacial score (nSPS) is 12.3. The van der Waals surface area contributed by atoms with Gasteiger partial charge in [-0.05, 0) is 32.8 Å². The van der Waals surface area contributed by atoms with Crippen molar-refractivity contribution in [3.63, 3.8) is 0 Å². The molecule has 1 aromatic rings. The average molecular weight is 277 g/mol. The number of ether oxygens (including phenoxy) is 1. The van der Waals surface area contributed by atoms with Gasteiger partial charge in [-0.2, -0.15) is 0 Å². The summed E-state index contributed by atoms with van der Waals surface area (Å²) in [5.41, 5.74) is 2.44. The zero-order chi connectivity index (χ0) is 15.0. The third-order valence-electron chi connectivity index (χ3n) is 3.25. The van der Waals surface area contributed by atoms with Crippen molar-refractivity contribution in [3.05, 3.63) is 35.4 Å². The summed E-state index contributed by atoms with van der Waals surface area (Å²) in [7, 11) is 3.50. The maximum atomic E-state index is 5.37. The molecule has 0 saturated carbocycles. The van der Waals surface area contributed by atoms with Crippen LogP contribution in [0.4, 0.5) is 0 Å². The average Bonchev–Trinajstić information content (AvgIpc) is 2.42. The summed E-state index contributed by atoms with van der Waals surface area (Å²) in [5, 5.41) is 6.59. The predicted molar refractivity (Wildman–Crippen MR) is 85.3 cm³/mol. The Morgan fingerprint density at radius 3 is 2.65 bits per heavy atom. The number of guanidine groups is 1. The monoisotopic (exact) mass is 277 g/mol. The van der Waals surface area contributed by atoms with Crippen molar-refractivity contribution in [2.45, 2.75) is 32.8 Å². The van der Waals surface area contributed by atoms with Gasteiger partial charge < -0.3 is 15.4 Å². The van der Waals surface area contributed by atoms with Crippen LogP contribution < -0.4 is 10.6 Å². The summed E-state index contributed by atoms with van der Waals surface area (Å²) in [6, 6.07) is 8.58. The quantitative estimate of drug-likeness (QED) is 0.618. The lowest BCUT2D eigenvalue weighted by Gasteiger charge is -2.24. The molecule has 0 aliphatic carbocycles. The molecule has 2 N–H and O–H groups in total. The van der Waals surface area contributed by atoms with Crippen LogP contribution in [0.3, 0.4) is 0 Å². The fourth-order valence-electron chi connectivity index (χ4n) is 1.78. The highest BCUT2D eigenvalue weighted by atomic mass is 16.5. The Hall–Kier alpha value is -1.55. The van der Waals surface area contributed by atoms with Crippen LogP contribution in [0, 0.1) is 6.92 Å². The number of nitrogens with zero attached hydrogens (tertiary/aromatic N) is 1. The highest BCUT2D eigenvalue weighted by Crippen LogP contribution is 2.05. The molecule has 0 aromatic heterocycles. The van der Waals surface area contributed by atoms with E-state index in [-0.39, 0.29) is 5.60 Å². The van der Waals surface area contributed by atoms with E-state index in [1.165, 1.54) is 11.1 Å². The highest BCUT2D eigenvalue weighted by molar-refractivity contribution is 5.79. The lowest BCUT2D eigenvalue weighted by Crippen LogP contribution is -2.45. The van der Waals surface area contributed by atoms with Crippen LogP contribution >= 0.6 is 0 Å². The molecule has 0 heterocycles. The van der Waals surface area contributed by atoms with Gasteiger partial charge >= 0.3 is 0 Å². The molecular formula is C16H27N3O. The summed E-state index contributed by atoms with van der Waals surface area (Å²) in [4.78, 5) is 4.21. The Labute approximate surface area is 122 Å². The summed E-state index contributed by atoms with van der Waals surface area (Å²) in [5.74, 6) is 0.808. The molecule has 0 spiro atoms. The van der Waals surface area contributed by atoms with Gasteiger partial charge in [0.1, 0.15) is 0 Å². The van der Waals surface area contributed by atoms with Crippen molar-refractivity contribution >= 4 is 5.96 Å². The maximum absolute atomic E-state index is 5.37. The van der Waals surface area contributed by atoms with Gasteiger partial charge in [-0.3, -0.25) is 4.99 Å². The molecule has 0 unspecified atom stereocenters. The Balaban J connectivity index is 2.35. The molecule has 20 heavy (non-hydrogen) atoms. The van der Waals surface area contributed by atoms with Crippen LogP contribution in [0.1, 0.15) is 25.0 Å². The molecule has 0 fully saturated rings. The SMILES string of the molecule is CN=C(NCCc1cccc(C)c1)NCC(C)(C)OC. The molecular weight excluding hydrogens is 250 g/mol. The van der Waals surface area contributed by atoms with Gasteiger partial charge in [0.15, 0.2) is 5.96 Å². The Morgan fingerprint density at radius 1 is 1.30 bits per heavy atom. The molecule has 0 amide bonds. The van der Waals surface area contributed by atoms with E-state index in [4.69, 9.17) is 4.74 Å². The van der Waals surface area contributed by atoms with Crippen LogP contribution in [0.2, 0.25) is 0 Å². The second-order valence-corrected chi connectivity index (χ2v) is 5.56. The molecule has 0 aliphatic heterocycles. The van der Waals surface area contributed by atoms with Gasteiger partial charge in [-0.15, -0.1) is 0 Å². The molecule has 4 nitrogen and oxygen atoms in total. The zero-order valence-corrected chi connectivity index (χ0v) is 13.3. The third kappa shape index (κ3) is 6.06. The minimum absolute atomic E-state index is 0.200. The second-order valence-electron chi connectivity index (χ2n) is 5.56. The summed E-state index contributed by atoms with van der Waals surface area (Å²) < 4.78 is 5.37. The first kappa shape index (κ1) is 16.5. The molecule has 0 aliphatic rings. The number of hydrogen-bond donors (Lipinski definition) is 2. The van der Waals surface area contributed by atoms with E-state index in [0.29, 0.717) is 6.54 Å². The van der Waals surface area contributed by atoms with Gasteiger partial charge in [-0.25, -0.2) is 0 Å². The minimum atomic E-state index is -0.200. The van der Waals surface area contributed by atoms with Gasteiger partial charge in [0, 0.05) is 27.2 Å². The highest BCUT2D eigenvalue weighted by Gasteiger charge is 2.16. The number of hydrogen-bond acceptors (Lipinski definition) is 2. The lowest BCUT2D eigenvalue weighted by molar-refractivity contribution is 0.0268. The van der Waals surface area contributed by atoms with E-state index in [1.54, 1.807) is 14.2 Å². The zero-order valence-electron chi connectivity index (χ0n) is 13.3.